The summed E-state index contributed by atoms with van der Waals surface area (Å²) >= 11 is 6.67. The highest BCUT2D eigenvalue weighted by Crippen LogP contribution is 2.26. The van der Waals surface area contributed by atoms with Crippen LogP contribution in [0.5, 0.6) is 0 Å². The Bertz CT molecular complexity index is 473. The van der Waals surface area contributed by atoms with Gasteiger partial charge in [-0.05, 0) is 26.2 Å². The molecule has 8 heteroatoms. The normalized spacial score (nSPS) is 11.9. The van der Waals surface area contributed by atoms with Gasteiger partial charge in [-0.3, -0.25) is 0 Å². The van der Waals surface area contributed by atoms with E-state index < -0.39 is 10.0 Å². The molecule has 1 aromatic rings. The number of rotatable bonds is 8. The number of nitrogens with one attached hydrogen (secondary N) is 1. The van der Waals surface area contributed by atoms with Gasteiger partial charge in [-0.2, -0.15) is 0 Å². The topological polar surface area (TPSA) is 68.3 Å². The molecule has 0 aliphatic heterocycles. The van der Waals surface area contributed by atoms with Crippen molar-refractivity contribution >= 4 is 33.0 Å². The Morgan fingerprint density at radius 1 is 1.39 bits per heavy atom. The molecule has 1 N–H and O–H groups in total. The van der Waals surface area contributed by atoms with Gasteiger partial charge in [0.15, 0.2) is 8.68 Å². The van der Waals surface area contributed by atoms with E-state index >= 15 is 0 Å². The summed E-state index contributed by atoms with van der Waals surface area (Å²) in [6.07, 6.45) is 2.65. The highest BCUT2D eigenvalue weighted by molar-refractivity contribution is 7.91. The lowest BCUT2D eigenvalue weighted by atomic mass is 10.2. The van der Waals surface area contributed by atoms with Crippen molar-refractivity contribution in [3.8, 4) is 0 Å². The lowest BCUT2D eigenvalue weighted by Gasteiger charge is -2.05. The first-order chi connectivity index (χ1) is 8.47. The van der Waals surface area contributed by atoms with Crippen molar-refractivity contribution in [2.75, 3.05) is 20.3 Å². The van der Waals surface area contributed by atoms with E-state index in [0.717, 1.165) is 30.6 Å². The predicted octanol–water partition coefficient (Wildman–Crippen LogP) is 2.20. The third-order valence-corrected chi connectivity index (χ3v) is 5.62. The zero-order chi connectivity index (χ0) is 13.6. The van der Waals surface area contributed by atoms with Gasteiger partial charge < -0.3 is 4.74 Å². The van der Waals surface area contributed by atoms with Gasteiger partial charge in [-0.15, -0.1) is 0 Å². The maximum absolute atomic E-state index is 11.9. The molecule has 0 atom stereocenters. The monoisotopic (exact) mass is 312 g/mol. The minimum absolute atomic E-state index is 0.199. The summed E-state index contributed by atoms with van der Waals surface area (Å²) in [5.74, 6) is 0. The van der Waals surface area contributed by atoms with Crippen LogP contribution in [0.15, 0.2) is 4.21 Å². The minimum atomic E-state index is -3.47. The van der Waals surface area contributed by atoms with Crippen LogP contribution >= 0.6 is 22.9 Å². The number of ether oxygens (including phenoxy) is 1. The molecule has 0 fully saturated rings. The average molecular weight is 313 g/mol. The first kappa shape index (κ1) is 15.8. The van der Waals surface area contributed by atoms with Gasteiger partial charge in [0.25, 0.3) is 10.0 Å². The lowest BCUT2D eigenvalue weighted by Crippen LogP contribution is -2.24. The number of hydrogen-bond acceptors (Lipinski definition) is 5. The first-order valence-electron chi connectivity index (χ1n) is 5.59. The summed E-state index contributed by atoms with van der Waals surface area (Å²) in [6, 6.07) is 0. The van der Waals surface area contributed by atoms with Crippen molar-refractivity contribution in [3.63, 3.8) is 0 Å². The van der Waals surface area contributed by atoms with Crippen molar-refractivity contribution in [1.29, 1.82) is 0 Å². The number of halogens is 1. The van der Waals surface area contributed by atoms with Crippen LogP contribution in [0.4, 0.5) is 0 Å². The van der Waals surface area contributed by atoms with Crippen LogP contribution in [0.25, 0.3) is 0 Å². The summed E-state index contributed by atoms with van der Waals surface area (Å²) in [6.45, 7) is 2.76. The fourth-order valence-electron chi connectivity index (χ4n) is 1.42. The van der Waals surface area contributed by atoms with Crippen LogP contribution in [0, 0.1) is 6.92 Å². The number of nitrogens with zero attached hydrogens (tertiary/aromatic N) is 1. The molecule has 0 spiro atoms. The van der Waals surface area contributed by atoms with E-state index in [0.29, 0.717) is 18.8 Å². The summed E-state index contributed by atoms with van der Waals surface area (Å²) in [5, 5.41) is 0. The maximum Gasteiger partial charge on any atom is 0.251 e. The molecule has 0 radical (unpaired) electrons. The van der Waals surface area contributed by atoms with Crippen molar-refractivity contribution in [3.05, 3.63) is 10.2 Å². The van der Waals surface area contributed by atoms with Crippen LogP contribution in [-0.4, -0.2) is 33.7 Å². The molecule has 1 rings (SSSR count). The number of unbranched alkanes of at least 4 members (excludes halogenated alkanes) is 2. The molecule has 1 aromatic heterocycles. The van der Waals surface area contributed by atoms with Crippen molar-refractivity contribution in [2.24, 2.45) is 0 Å². The Balaban J connectivity index is 2.43. The largest absolute Gasteiger partial charge is 0.385 e. The SMILES string of the molecule is COCCCCCNS(=O)(=O)c1sc(Cl)nc1C. The van der Waals surface area contributed by atoms with E-state index in [2.05, 4.69) is 9.71 Å². The molecular weight excluding hydrogens is 296 g/mol. The molecule has 0 aliphatic rings. The third kappa shape index (κ3) is 4.81. The van der Waals surface area contributed by atoms with Crippen LogP contribution in [0.3, 0.4) is 0 Å². The second kappa shape index (κ2) is 7.40. The van der Waals surface area contributed by atoms with E-state index in [9.17, 15) is 8.42 Å². The third-order valence-electron chi connectivity index (χ3n) is 2.29. The fourth-order valence-corrected chi connectivity index (χ4v) is 4.28. The van der Waals surface area contributed by atoms with Crippen molar-refractivity contribution < 1.29 is 13.2 Å². The van der Waals surface area contributed by atoms with Gasteiger partial charge in [0.05, 0.1) is 5.69 Å². The fraction of sp³-hybridized carbons (Fsp3) is 0.700. The van der Waals surface area contributed by atoms with Crippen LogP contribution in [0.1, 0.15) is 25.0 Å². The van der Waals surface area contributed by atoms with E-state index in [4.69, 9.17) is 16.3 Å². The van der Waals surface area contributed by atoms with Gasteiger partial charge in [0, 0.05) is 20.3 Å². The summed E-state index contributed by atoms with van der Waals surface area (Å²) in [4.78, 5) is 3.89. The Labute approximate surface area is 117 Å². The minimum Gasteiger partial charge on any atom is -0.385 e. The second-order valence-electron chi connectivity index (χ2n) is 3.79. The Morgan fingerprint density at radius 2 is 2.11 bits per heavy atom. The number of aryl methyl sites for hydroxylation is 1. The molecular formula is C10H17ClN2O3S2. The second-order valence-corrected chi connectivity index (χ2v) is 7.33. The van der Waals surface area contributed by atoms with Crippen LogP contribution in [0.2, 0.25) is 4.47 Å². The molecule has 0 saturated heterocycles. The highest BCUT2D eigenvalue weighted by atomic mass is 35.5. The van der Waals surface area contributed by atoms with E-state index in [1.165, 1.54) is 0 Å². The molecule has 0 saturated carbocycles. The highest BCUT2D eigenvalue weighted by Gasteiger charge is 2.20. The number of aromatic nitrogens is 1. The molecule has 5 nitrogen and oxygen atoms in total. The molecule has 18 heavy (non-hydrogen) atoms. The molecule has 104 valence electrons. The number of methoxy groups -OCH3 is 1. The average Bonchev–Trinajstić information content (AvgIpc) is 2.63. The van der Waals surface area contributed by atoms with Crippen molar-refractivity contribution in [1.82, 2.24) is 9.71 Å². The molecule has 0 bridgehead atoms. The van der Waals surface area contributed by atoms with Gasteiger partial charge in [0.2, 0.25) is 0 Å². The summed E-state index contributed by atoms with van der Waals surface area (Å²) in [7, 11) is -1.82. The smallest absolute Gasteiger partial charge is 0.251 e. The Hall–Kier alpha value is -0.210. The van der Waals surface area contributed by atoms with Crippen molar-refractivity contribution in [2.45, 2.75) is 30.4 Å². The zero-order valence-electron chi connectivity index (χ0n) is 10.4. The Kier molecular flexibility index (Phi) is 6.51. The molecule has 0 aliphatic carbocycles. The maximum atomic E-state index is 11.9. The number of sulfonamides is 1. The van der Waals surface area contributed by atoms with Gasteiger partial charge in [-0.1, -0.05) is 22.9 Å². The standard InChI is InChI=1S/C10H17ClN2O3S2/c1-8-9(17-10(11)13-8)18(14,15)12-6-4-3-5-7-16-2/h12H,3-7H2,1-2H3. The molecule has 1 heterocycles. The Morgan fingerprint density at radius 3 is 2.67 bits per heavy atom. The lowest BCUT2D eigenvalue weighted by molar-refractivity contribution is 0.192. The van der Waals surface area contributed by atoms with E-state index in [1.54, 1.807) is 14.0 Å². The first-order valence-corrected chi connectivity index (χ1v) is 8.26. The number of thiazole rings is 1. The van der Waals surface area contributed by atoms with Gasteiger partial charge >= 0.3 is 0 Å². The van der Waals surface area contributed by atoms with E-state index in [1.807, 2.05) is 0 Å². The molecule has 0 amide bonds. The quantitative estimate of drug-likeness (QED) is 0.747. The summed E-state index contributed by atoms with van der Waals surface area (Å²) < 4.78 is 31.8. The zero-order valence-corrected chi connectivity index (χ0v) is 12.8. The predicted molar refractivity (Wildman–Crippen MR) is 72.8 cm³/mol. The summed E-state index contributed by atoms with van der Waals surface area (Å²) in [5.41, 5.74) is 0.442. The number of hydrogen-bond donors (Lipinski definition) is 1. The van der Waals surface area contributed by atoms with Crippen LogP contribution < -0.4 is 4.72 Å². The molecule has 0 unspecified atom stereocenters. The van der Waals surface area contributed by atoms with E-state index in [-0.39, 0.29) is 8.68 Å². The molecule has 0 aromatic carbocycles. The van der Waals surface area contributed by atoms with Gasteiger partial charge in [-0.25, -0.2) is 18.1 Å². The van der Waals surface area contributed by atoms with Crippen LogP contribution in [-0.2, 0) is 14.8 Å². The van der Waals surface area contributed by atoms with Gasteiger partial charge in [0.1, 0.15) is 0 Å².